The highest BCUT2D eigenvalue weighted by molar-refractivity contribution is 5.77. The first kappa shape index (κ1) is 11.1. The van der Waals surface area contributed by atoms with Crippen LogP contribution in [0.25, 0.3) is 0 Å². The molecule has 2 aromatic heterocycles. The van der Waals surface area contributed by atoms with Gasteiger partial charge >= 0.3 is 0 Å². The van der Waals surface area contributed by atoms with Gasteiger partial charge in [0.2, 0.25) is 5.91 Å². The van der Waals surface area contributed by atoms with Crippen LogP contribution in [0.5, 0.6) is 0 Å². The average molecular weight is 244 g/mol. The number of amides is 1. The van der Waals surface area contributed by atoms with Gasteiger partial charge in [-0.15, -0.1) is 0 Å². The number of nitrogens with zero attached hydrogens (tertiary/aromatic N) is 2. The van der Waals surface area contributed by atoms with Crippen LogP contribution in [-0.2, 0) is 11.3 Å². The van der Waals surface area contributed by atoms with E-state index in [1.54, 1.807) is 12.5 Å². The summed E-state index contributed by atoms with van der Waals surface area (Å²) in [6, 6.07) is 6.03. The second-order valence-corrected chi connectivity index (χ2v) is 4.53. The molecule has 94 valence electrons. The fourth-order valence-corrected chi connectivity index (χ4v) is 2.64. The third-order valence-electron chi connectivity index (χ3n) is 3.52. The predicted molar refractivity (Wildman–Crippen MR) is 67.0 cm³/mol. The van der Waals surface area contributed by atoms with Crippen LogP contribution >= 0.6 is 0 Å². The molecule has 0 saturated heterocycles. The molecule has 3 rings (SSSR count). The largest absolute Gasteiger partial charge is 0.472 e. The molecular formula is C14H16N2O2. The van der Waals surface area contributed by atoms with E-state index in [0.717, 1.165) is 24.3 Å². The van der Waals surface area contributed by atoms with Gasteiger partial charge in [0.05, 0.1) is 12.5 Å². The minimum Gasteiger partial charge on any atom is -0.472 e. The van der Waals surface area contributed by atoms with Crippen molar-refractivity contribution in [3.63, 3.8) is 0 Å². The normalized spacial score (nSPS) is 18.7. The van der Waals surface area contributed by atoms with Gasteiger partial charge in [0.15, 0.2) is 0 Å². The van der Waals surface area contributed by atoms with Crippen LogP contribution in [0.4, 0.5) is 0 Å². The molecular weight excluding hydrogens is 228 g/mol. The number of furan rings is 1. The Morgan fingerprint density at radius 1 is 1.44 bits per heavy atom. The van der Waals surface area contributed by atoms with Gasteiger partial charge in [-0.1, -0.05) is 6.92 Å². The second kappa shape index (κ2) is 4.37. The summed E-state index contributed by atoms with van der Waals surface area (Å²) < 4.78 is 7.38. The molecule has 4 heteroatoms. The number of carbonyl (C=O) groups excluding carboxylic acids is 1. The number of hydrogen-bond acceptors (Lipinski definition) is 2. The molecule has 0 aliphatic carbocycles. The van der Waals surface area contributed by atoms with Gasteiger partial charge in [-0.05, 0) is 18.2 Å². The molecule has 3 heterocycles. The van der Waals surface area contributed by atoms with Crippen molar-refractivity contribution in [1.29, 1.82) is 0 Å². The molecule has 0 bridgehead atoms. The number of hydrogen-bond donors (Lipinski definition) is 0. The summed E-state index contributed by atoms with van der Waals surface area (Å²) in [4.78, 5) is 14.0. The minimum atomic E-state index is -0.0139. The maximum atomic E-state index is 12.1. The van der Waals surface area contributed by atoms with Crippen LogP contribution in [-0.4, -0.2) is 21.9 Å². The van der Waals surface area contributed by atoms with Gasteiger partial charge in [-0.2, -0.15) is 0 Å². The highest BCUT2D eigenvalue weighted by atomic mass is 16.3. The molecule has 0 radical (unpaired) electrons. The predicted octanol–water partition coefficient (Wildman–Crippen LogP) is 2.42. The van der Waals surface area contributed by atoms with Gasteiger partial charge in [-0.25, -0.2) is 0 Å². The third-order valence-corrected chi connectivity index (χ3v) is 3.52. The molecule has 0 aromatic carbocycles. The Bertz CT molecular complexity index is 542. The molecule has 2 aromatic rings. The lowest BCUT2D eigenvalue weighted by Gasteiger charge is -2.36. The van der Waals surface area contributed by atoms with Crippen LogP contribution in [0.2, 0.25) is 0 Å². The Kier molecular flexibility index (Phi) is 2.70. The van der Waals surface area contributed by atoms with Gasteiger partial charge in [0.1, 0.15) is 6.04 Å². The van der Waals surface area contributed by atoms with Crippen molar-refractivity contribution in [3.8, 4) is 0 Å². The number of carbonyl (C=O) groups is 1. The van der Waals surface area contributed by atoms with E-state index in [1.165, 1.54) is 0 Å². The molecule has 18 heavy (non-hydrogen) atoms. The standard InChI is InChI=1S/C14H16N2O2/c1-2-13(17)16-8-7-15-6-3-4-12(15)14(16)11-5-9-18-10-11/h3-6,9-10,14H,2,7-8H2,1H3/t14-/m0/s1. The van der Waals surface area contributed by atoms with Crippen LogP contribution in [0.3, 0.4) is 0 Å². The van der Waals surface area contributed by atoms with Crippen molar-refractivity contribution < 1.29 is 9.21 Å². The number of fused-ring (bicyclic) bond motifs is 1. The third kappa shape index (κ3) is 1.65. The molecule has 1 amide bonds. The summed E-state index contributed by atoms with van der Waals surface area (Å²) in [6.45, 7) is 3.52. The lowest BCUT2D eigenvalue weighted by molar-refractivity contribution is -0.133. The lowest BCUT2D eigenvalue weighted by Crippen LogP contribution is -2.41. The van der Waals surface area contributed by atoms with E-state index in [0.29, 0.717) is 6.42 Å². The van der Waals surface area contributed by atoms with E-state index < -0.39 is 0 Å². The fourth-order valence-electron chi connectivity index (χ4n) is 2.64. The Hall–Kier alpha value is -1.97. The van der Waals surface area contributed by atoms with Crippen molar-refractivity contribution in [1.82, 2.24) is 9.47 Å². The number of rotatable bonds is 2. The molecule has 0 spiro atoms. The first-order valence-electron chi connectivity index (χ1n) is 6.28. The van der Waals surface area contributed by atoms with E-state index in [9.17, 15) is 4.79 Å². The Labute approximate surface area is 106 Å². The summed E-state index contributed by atoms with van der Waals surface area (Å²) in [7, 11) is 0. The first-order chi connectivity index (χ1) is 8.81. The van der Waals surface area contributed by atoms with E-state index in [1.807, 2.05) is 24.0 Å². The van der Waals surface area contributed by atoms with Gasteiger partial charge < -0.3 is 13.9 Å². The number of aromatic nitrogens is 1. The minimum absolute atomic E-state index is 0.0139. The highest BCUT2D eigenvalue weighted by Crippen LogP contribution is 2.32. The molecule has 0 fully saturated rings. The zero-order valence-corrected chi connectivity index (χ0v) is 10.4. The molecule has 1 atom stereocenters. The van der Waals surface area contributed by atoms with Crippen LogP contribution in [0.15, 0.2) is 41.3 Å². The monoisotopic (exact) mass is 244 g/mol. The molecule has 1 aliphatic rings. The Balaban J connectivity index is 2.05. The summed E-state index contributed by atoms with van der Waals surface area (Å²) in [5.74, 6) is 0.189. The van der Waals surface area contributed by atoms with E-state index in [4.69, 9.17) is 4.42 Å². The van der Waals surface area contributed by atoms with Crippen molar-refractivity contribution in [3.05, 3.63) is 48.2 Å². The van der Waals surface area contributed by atoms with Crippen LogP contribution < -0.4 is 0 Å². The Morgan fingerprint density at radius 2 is 2.33 bits per heavy atom. The Morgan fingerprint density at radius 3 is 3.06 bits per heavy atom. The average Bonchev–Trinajstić information content (AvgIpc) is 3.07. The van der Waals surface area contributed by atoms with Crippen LogP contribution in [0.1, 0.15) is 30.6 Å². The van der Waals surface area contributed by atoms with Crippen molar-refractivity contribution in [2.75, 3.05) is 6.54 Å². The summed E-state index contributed by atoms with van der Waals surface area (Å²) >= 11 is 0. The maximum absolute atomic E-state index is 12.1. The van der Waals surface area contributed by atoms with E-state index in [-0.39, 0.29) is 11.9 Å². The molecule has 4 nitrogen and oxygen atoms in total. The zero-order valence-electron chi connectivity index (χ0n) is 10.4. The van der Waals surface area contributed by atoms with Crippen molar-refractivity contribution in [2.45, 2.75) is 25.9 Å². The van der Waals surface area contributed by atoms with Crippen molar-refractivity contribution in [2.24, 2.45) is 0 Å². The topological polar surface area (TPSA) is 38.4 Å². The molecule has 0 N–H and O–H groups in total. The summed E-state index contributed by atoms with van der Waals surface area (Å²) in [5, 5.41) is 0. The maximum Gasteiger partial charge on any atom is 0.223 e. The SMILES string of the molecule is CCC(=O)N1CCn2cccc2[C@@H]1c1ccoc1. The van der Waals surface area contributed by atoms with Gasteiger partial charge in [-0.3, -0.25) is 4.79 Å². The van der Waals surface area contributed by atoms with Gasteiger partial charge in [0.25, 0.3) is 0 Å². The summed E-state index contributed by atoms with van der Waals surface area (Å²) in [6.07, 6.45) is 5.99. The van der Waals surface area contributed by atoms with Crippen LogP contribution in [0, 0.1) is 0 Å². The van der Waals surface area contributed by atoms with E-state index in [2.05, 4.69) is 16.8 Å². The second-order valence-electron chi connectivity index (χ2n) is 4.53. The smallest absolute Gasteiger partial charge is 0.223 e. The van der Waals surface area contributed by atoms with Crippen molar-refractivity contribution >= 4 is 5.91 Å². The first-order valence-corrected chi connectivity index (χ1v) is 6.28. The zero-order chi connectivity index (χ0) is 12.5. The molecule has 1 aliphatic heterocycles. The highest BCUT2D eigenvalue weighted by Gasteiger charge is 2.31. The quantitative estimate of drug-likeness (QED) is 0.813. The summed E-state index contributed by atoms with van der Waals surface area (Å²) in [5.41, 5.74) is 2.20. The fraction of sp³-hybridized carbons (Fsp3) is 0.357. The van der Waals surface area contributed by atoms with Gasteiger partial charge in [0, 0.05) is 37.0 Å². The molecule has 0 unspecified atom stereocenters. The molecule has 0 saturated carbocycles. The van der Waals surface area contributed by atoms with E-state index >= 15 is 0 Å². The lowest BCUT2D eigenvalue weighted by atomic mass is 10.0.